The summed E-state index contributed by atoms with van der Waals surface area (Å²) in [6.45, 7) is 12.5. The lowest BCUT2D eigenvalue weighted by molar-refractivity contribution is -0.0573. The minimum absolute atomic E-state index is 0.0585. The highest BCUT2D eigenvalue weighted by molar-refractivity contribution is 5.60. The first-order valence-electron chi connectivity index (χ1n) is 11.9. The molecule has 1 aliphatic carbocycles. The number of aromatic hydroxyl groups is 1. The molecule has 1 aromatic rings. The van der Waals surface area contributed by atoms with Crippen LogP contribution in [-0.2, 0) is 20.6 Å². The van der Waals surface area contributed by atoms with Gasteiger partial charge in [-0.2, -0.15) is 0 Å². The summed E-state index contributed by atoms with van der Waals surface area (Å²) in [4.78, 5) is 11.9. The van der Waals surface area contributed by atoms with Crippen molar-refractivity contribution in [3.05, 3.63) is 47.1 Å². The Morgan fingerprint density at radius 1 is 1.27 bits per heavy atom. The van der Waals surface area contributed by atoms with Gasteiger partial charge in [-0.3, -0.25) is 0 Å². The van der Waals surface area contributed by atoms with E-state index in [9.17, 15) is 9.90 Å². The van der Waals surface area contributed by atoms with E-state index in [1.54, 1.807) is 6.92 Å². The zero-order valence-corrected chi connectivity index (χ0v) is 20.8. The molecule has 3 atom stereocenters. The first kappa shape index (κ1) is 26.8. The van der Waals surface area contributed by atoms with Crippen molar-refractivity contribution >= 4 is 6.16 Å². The molecule has 0 radical (unpaired) electrons. The Hall–Kier alpha value is -2.47. The Kier molecular flexibility index (Phi) is 10.8. The lowest BCUT2D eigenvalue weighted by atomic mass is 9.73. The number of unbranched alkanes of at least 4 members (excludes halogenated alkanes) is 2. The lowest BCUT2D eigenvalue weighted by Gasteiger charge is -2.32. The normalized spacial score (nSPS) is 18.9. The van der Waals surface area contributed by atoms with Crippen molar-refractivity contribution in [1.82, 2.24) is 0 Å². The van der Waals surface area contributed by atoms with Gasteiger partial charge in [0.25, 0.3) is 0 Å². The number of carbonyl (C=O) groups excluding carboxylic acids is 1. The molecular formula is C27H40O6. The Morgan fingerprint density at radius 2 is 2.03 bits per heavy atom. The average Bonchev–Trinajstić information content (AvgIpc) is 2.73. The van der Waals surface area contributed by atoms with Crippen LogP contribution in [0.5, 0.6) is 11.5 Å². The third-order valence-corrected chi connectivity index (χ3v) is 6.03. The third-order valence-electron chi connectivity index (χ3n) is 6.03. The molecule has 3 unspecified atom stereocenters. The van der Waals surface area contributed by atoms with E-state index in [1.807, 2.05) is 19.1 Å². The summed E-state index contributed by atoms with van der Waals surface area (Å²) in [6, 6.07) is 3.81. The van der Waals surface area contributed by atoms with Gasteiger partial charge in [-0.25, -0.2) is 4.79 Å². The van der Waals surface area contributed by atoms with E-state index < -0.39 is 12.4 Å². The molecule has 6 nitrogen and oxygen atoms in total. The van der Waals surface area contributed by atoms with E-state index in [1.165, 1.54) is 12.7 Å². The molecule has 0 heterocycles. The maximum atomic E-state index is 11.9. The van der Waals surface area contributed by atoms with Crippen LogP contribution in [0.4, 0.5) is 4.79 Å². The van der Waals surface area contributed by atoms with Gasteiger partial charge in [0.1, 0.15) is 18.1 Å². The highest BCUT2D eigenvalue weighted by atomic mass is 16.8. The van der Waals surface area contributed by atoms with Crippen molar-refractivity contribution in [3.63, 3.8) is 0 Å². The van der Waals surface area contributed by atoms with Crippen LogP contribution in [0.2, 0.25) is 0 Å². The second kappa shape index (κ2) is 13.3. The van der Waals surface area contributed by atoms with Crippen LogP contribution in [0.15, 0.2) is 35.9 Å². The molecule has 1 aromatic carbocycles. The van der Waals surface area contributed by atoms with Crippen LogP contribution in [0.1, 0.15) is 76.8 Å². The molecule has 0 fully saturated rings. The summed E-state index contributed by atoms with van der Waals surface area (Å²) in [5, 5.41) is 11.1. The fourth-order valence-electron chi connectivity index (χ4n) is 4.31. The molecule has 0 amide bonds. The number of allylic oxidation sites excluding steroid dienone is 3. The Labute approximate surface area is 198 Å². The summed E-state index contributed by atoms with van der Waals surface area (Å²) >= 11 is 0. The zero-order valence-electron chi connectivity index (χ0n) is 20.8. The standard InChI is InChI=1S/C27H40O6/c1-7-8-9-10-21-16-24(28)26(23-15-19(4)11-12-22(23)18(2)3)25(17-21)32-20(5)33-27(29)31-14-13-30-6/h15-17,20,22-23,28H,2,7-14H2,1,3-6H3. The predicted molar refractivity (Wildman–Crippen MR) is 130 cm³/mol. The second-order valence-corrected chi connectivity index (χ2v) is 8.91. The van der Waals surface area contributed by atoms with Gasteiger partial charge in [-0.1, -0.05) is 43.6 Å². The van der Waals surface area contributed by atoms with Crippen molar-refractivity contribution in [2.75, 3.05) is 20.3 Å². The zero-order chi connectivity index (χ0) is 24.4. The van der Waals surface area contributed by atoms with Gasteiger partial charge >= 0.3 is 6.16 Å². The maximum absolute atomic E-state index is 11.9. The van der Waals surface area contributed by atoms with Crippen molar-refractivity contribution in [2.45, 2.75) is 78.4 Å². The van der Waals surface area contributed by atoms with Gasteiger partial charge in [0.05, 0.1) is 6.61 Å². The number of hydrogen-bond acceptors (Lipinski definition) is 6. The Balaban J connectivity index is 2.35. The first-order valence-corrected chi connectivity index (χ1v) is 11.9. The van der Waals surface area contributed by atoms with E-state index >= 15 is 0 Å². The summed E-state index contributed by atoms with van der Waals surface area (Å²) in [5.41, 5.74) is 4.07. The van der Waals surface area contributed by atoms with Crippen LogP contribution in [0, 0.1) is 5.92 Å². The quantitative estimate of drug-likeness (QED) is 0.163. The van der Waals surface area contributed by atoms with Crippen LogP contribution in [-0.4, -0.2) is 37.9 Å². The number of ether oxygens (including phenoxy) is 4. The van der Waals surface area contributed by atoms with E-state index in [0.717, 1.165) is 49.7 Å². The van der Waals surface area contributed by atoms with Crippen LogP contribution in [0.25, 0.3) is 0 Å². The van der Waals surface area contributed by atoms with Crippen molar-refractivity contribution < 1.29 is 28.8 Å². The largest absolute Gasteiger partial charge is 0.511 e. The smallest absolute Gasteiger partial charge is 0.507 e. The number of phenolic OH excluding ortho intramolecular Hbond substituents is 1. The minimum Gasteiger partial charge on any atom is -0.507 e. The molecule has 6 heteroatoms. The SMILES string of the molecule is C=C(C)C1CCC(C)=CC1c1c(O)cc(CCCCC)cc1OC(C)OC(=O)OCCOC. The first-order chi connectivity index (χ1) is 15.8. The molecule has 1 N–H and O–H groups in total. The van der Waals surface area contributed by atoms with Gasteiger partial charge in [0.2, 0.25) is 6.29 Å². The molecule has 0 saturated carbocycles. The summed E-state index contributed by atoms with van der Waals surface area (Å²) in [5.74, 6) is 0.872. The molecule has 0 saturated heterocycles. The van der Waals surface area contributed by atoms with Crippen LogP contribution < -0.4 is 4.74 Å². The van der Waals surface area contributed by atoms with Crippen LogP contribution >= 0.6 is 0 Å². The van der Waals surface area contributed by atoms with E-state index in [0.29, 0.717) is 11.3 Å². The predicted octanol–water partition coefficient (Wildman–Crippen LogP) is 6.67. The monoisotopic (exact) mass is 460 g/mol. The number of methoxy groups -OCH3 is 1. The molecule has 0 aromatic heterocycles. The molecule has 33 heavy (non-hydrogen) atoms. The summed E-state index contributed by atoms with van der Waals surface area (Å²) < 4.78 is 21.2. The molecular weight excluding hydrogens is 420 g/mol. The number of benzene rings is 1. The topological polar surface area (TPSA) is 74.2 Å². The number of aryl methyl sites for hydroxylation is 1. The molecule has 0 bridgehead atoms. The number of carbonyl (C=O) groups is 1. The molecule has 0 spiro atoms. The van der Waals surface area contributed by atoms with Gasteiger partial charge in [0.15, 0.2) is 0 Å². The van der Waals surface area contributed by atoms with Gasteiger partial charge in [-0.05, 0) is 63.1 Å². The molecule has 1 aliphatic rings. The highest BCUT2D eigenvalue weighted by Gasteiger charge is 2.31. The maximum Gasteiger partial charge on any atom is 0.511 e. The van der Waals surface area contributed by atoms with E-state index in [-0.39, 0.29) is 30.8 Å². The highest BCUT2D eigenvalue weighted by Crippen LogP contribution is 2.47. The molecule has 2 rings (SSSR count). The van der Waals surface area contributed by atoms with Crippen molar-refractivity contribution in [2.24, 2.45) is 5.92 Å². The van der Waals surface area contributed by atoms with Gasteiger partial charge in [0, 0.05) is 25.5 Å². The lowest BCUT2D eigenvalue weighted by Crippen LogP contribution is -2.24. The van der Waals surface area contributed by atoms with Gasteiger partial charge < -0.3 is 24.1 Å². The van der Waals surface area contributed by atoms with Crippen LogP contribution in [0.3, 0.4) is 0 Å². The summed E-state index contributed by atoms with van der Waals surface area (Å²) in [7, 11) is 1.53. The third kappa shape index (κ3) is 8.11. The van der Waals surface area contributed by atoms with E-state index in [4.69, 9.17) is 18.9 Å². The minimum atomic E-state index is -0.888. The fraction of sp³-hybridized carbons (Fsp3) is 0.593. The second-order valence-electron chi connectivity index (χ2n) is 8.91. The van der Waals surface area contributed by atoms with E-state index in [2.05, 4.69) is 26.5 Å². The Bertz CT molecular complexity index is 828. The summed E-state index contributed by atoms with van der Waals surface area (Å²) in [6.07, 6.45) is 6.58. The van der Waals surface area contributed by atoms with Crippen molar-refractivity contribution in [1.29, 1.82) is 0 Å². The number of hydrogen-bond donors (Lipinski definition) is 1. The molecule has 0 aliphatic heterocycles. The Morgan fingerprint density at radius 3 is 2.70 bits per heavy atom. The number of phenols is 1. The fourth-order valence-corrected chi connectivity index (χ4v) is 4.31. The van der Waals surface area contributed by atoms with Gasteiger partial charge in [-0.15, -0.1) is 0 Å². The average molecular weight is 461 g/mol. The molecule has 184 valence electrons. The van der Waals surface area contributed by atoms with Crippen molar-refractivity contribution in [3.8, 4) is 11.5 Å². The number of rotatable bonds is 12.